The first-order valence-corrected chi connectivity index (χ1v) is 7.79. The number of rotatable bonds is 6. The van der Waals surface area contributed by atoms with Gasteiger partial charge in [-0.15, -0.1) is 0 Å². The summed E-state index contributed by atoms with van der Waals surface area (Å²) in [5, 5.41) is 13.4. The fourth-order valence-corrected chi connectivity index (χ4v) is 2.17. The molecular weight excluding hydrogens is 364 g/mol. The van der Waals surface area contributed by atoms with Gasteiger partial charge in [-0.3, -0.25) is 14.9 Å². The molecule has 2 rings (SSSR count). The third kappa shape index (κ3) is 4.70. The predicted molar refractivity (Wildman–Crippen MR) is 94.6 cm³/mol. The van der Waals surface area contributed by atoms with Gasteiger partial charge in [0.1, 0.15) is 5.75 Å². The summed E-state index contributed by atoms with van der Waals surface area (Å²) in [7, 11) is 1.52. The second-order valence-corrected chi connectivity index (χ2v) is 5.59. The van der Waals surface area contributed by atoms with Gasteiger partial charge in [0.2, 0.25) is 0 Å². The van der Waals surface area contributed by atoms with E-state index in [4.69, 9.17) is 21.1 Å². The van der Waals surface area contributed by atoms with E-state index in [0.29, 0.717) is 11.4 Å². The number of ether oxygens (including phenoxy) is 2. The van der Waals surface area contributed by atoms with E-state index < -0.39 is 22.9 Å². The van der Waals surface area contributed by atoms with Crippen molar-refractivity contribution in [2.45, 2.75) is 13.0 Å². The van der Waals surface area contributed by atoms with E-state index in [2.05, 4.69) is 5.32 Å². The highest BCUT2D eigenvalue weighted by Gasteiger charge is 2.22. The van der Waals surface area contributed by atoms with Crippen LogP contribution in [0.2, 0.25) is 5.02 Å². The number of nitrogens with one attached hydrogen (secondary N) is 1. The molecule has 0 bridgehead atoms. The molecule has 0 fully saturated rings. The first-order valence-electron chi connectivity index (χ1n) is 7.41. The highest BCUT2D eigenvalue weighted by atomic mass is 35.5. The summed E-state index contributed by atoms with van der Waals surface area (Å²) in [6.45, 7) is 1.38. The zero-order chi connectivity index (χ0) is 19.3. The summed E-state index contributed by atoms with van der Waals surface area (Å²) in [5.41, 5.74) is -0.00580. The Morgan fingerprint density at radius 3 is 2.42 bits per heavy atom. The number of hydrogen-bond acceptors (Lipinski definition) is 6. The molecular formula is C17H15ClN2O6. The van der Waals surface area contributed by atoms with Crippen LogP contribution in [0.4, 0.5) is 11.4 Å². The first-order chi connectivity index (χ1) is 12.3. The lowest BCUT2D eigenvalue weighted by Gasteiger charge is -2.14. The lowest BCUT2D eigenvalue weighted by molar-refractivity contribution is -0.384. The Morgan fingerprint density at radius 1 is 1.19 bits per heavy atom. The van der Waals surface area contributed by atoms with Crippen molar-refractivity contribution in [2.75, 3.05) is 12.4 Å². The van der Waals surface area contributed by atoms with Gasteiger partial charge in [-0.1, -0.05) is 11.6 Å². The maximum atomic E-state index is 12.2. The molecule has 0 spiro atoms. The molecule has 2 aromatic carbocycles. The monoisotopic (exact) mass is 378 g/mol. The summed E-state index contributed by atoms with van der Waals surface area (Å²) in [5.74, 6) is -0.871. The Balaban J connectivity index is 2.04. The molecule has 0 radical (unpaired) electrons. The number of carbonyl (C=O) groups excluding carboxylic acids is 2. The number of nitro groups is 1. The van der Waals surface area contributed by atoms with Crippen molar-refractivity contribution in [3.63, 3.8) is 0 Å². The third-order valence-electron chi connectivity index (χ3n) is 3.39. The maximum Gasteiger partial charge on any atom is 0.340 e. The van der Waals surface area contributed by atoms with Crippen molar-refractivity contribution in [3.8, 4) is 5.75 Å². The van der Waals surface area contributed by atoms with Crippen LogP contribution < -0.4 is 10.1 Å². The minimum atomic E-state index is -1.14. The molecule has 0 heterocycles. The zero-order valence-electron chi connectivity index (χ0n) is 13.9. The number of amides is 1. The van der Waals surface area contributed by atoms with Crippen LogP contribution in [-0.2, 0) is 9.53 Å². The Bertz CT molecular complexity index is 838. The molecule has 0 aromatic heterocycles. The van der Waals surface area contributed by atoms with E-state index in [9.17, 15) is 19.7 Å². The predicted octanol–water partition coefficient (Wildman–Crippen LogP) is 3.44. The molecule has 136 valence electrons. The molecule has 0 aliphatic carbocycles. The molecule has 0 aliphatic rings. The SMILES string of the molecule is COc1ccc(NC(=O)[C@@H](C)OC(=O)c2cc([N+](=O)[O-])ccc2Cl)cc1. The van der Waals surface area contributed by atoms with Crippen molar-refractivity contribution in [2.24, 2.45) is 0 Å². The van der Waals surface area contributed by atoms with Crippen molar-refractivity contribution in [1.82, 2.24) is 0 Å². The van der Waals surface area contributed by atoms with Gasteiger partial charge in [0.15, 0.2) is 6.10 Å². The van der Waals surface area contributed by atoms with E-state index in [1.165, 1.54) is 26.2 Å². The average molecular weight is 379 g/mol. The van der Waals surface area contributed by atoms with Crippen molar-refractivity contribution in [3.05, 3.63) is 63.2 Å². The number of carbonyl (C=O) groups is 2. The largest absolute Gasteiger partial charge is 0.497 e. The number of nitro benzene ring substituents is 1. The number of methoxy groups -OCH3 is 1. The molecule has 2 aromatic rings. The third-order valence-corrected chi connectivity index (χ3v) is 3.72. The molecule has 1 N–H and O–H groups in total. The molecule has 0 aliphatic heterocycles. The van der Waals surface area contributed by atoms with E-state index >= 15 is 0 Å². The highest BCUT2D eigenvalue weighted by molar-refractivity contribution is 6.33. The topological polar surface area (TPSA) is 108 Å². The Morgan fingerprint density at radius 2 is 1.85 bits per heavy atom. The summed E-state index contributed by atoms with van der Waals surface area (Å²) >= 11 is 5.88. The van der Waals surface area contributed by atoms with Crippen LogP contribution in [0.15, 0.2) is 42.5 Å². The normalized spacial score (nSPS) is 11.3. The number of hydrogen-bond donors (Lipinski definition) is 1. The van der Waals surface area contributed by atoms with Gasteiger partial charge < -0.3 is 14.8 Å². The molecule has 0 unspecified atom stereocenters. The van der Waals surface area contributed by atoms with Crippen LogP contribution in [0.25, 0.3) is 0 Å². The van der Waals surface area contributed by atoms with Crippen molar-refractivity contribution < 1.29 is 24.0 Å². The van der Waals surface area contributed by atoms with Crippen LogP contribution in [-0.4, -0.2) is 30.0 Å². The van der Waals surface area contributed by atoms with E-state index in [-0.39, 0.29) is 16.3 Å². The standard InChI is InChI=1S/C17H15ClN2O6/c1-10(16(21)19-11-3-6-13(25-2)7-4-11)26-17(22)14-9-12(20(23)24)5-8-15(14)18/h3-10H,1-2H3,(H,19,21)/t10-/m1/s1. The lowest BCUT2D eigenvalue weighted by Crippen LogP contribution is -2.30. The fourth-order valence-electron chi connectivity index (χ4n) is 1.98. The van der Waals surface area contributed by atoms with Crippen LogP contribution in [0.3, 0.4) is 0 Å². The van der Waals surface area contributed by atoms with Gasteiger partial charge in [0, 0.05) is 17.8 Å². The minimum Gasteiger partial charge on any atom is -0.497 e. The summed E-state index contributed by atoms with van der Waals surface area (Å²) in [6, 6.07) is 9.96. The Labute approximate surface area is 153 Å². The molecule has 0 saturated heterocycles. The van der Waals surface area contributed by atoms with Crippen LogP contribution >= 0.6 is 11.6 Å². The van der Waals surface area contributed by atoms with E-state index in [1.807, 2.05) is 0 Å². The highest BCUT2D eigenvalue weighted by Crippen LogP contribution is 2.23. The number of anilines is 1. The molecule has 1 amide bonds. The molecule has 26 heavy (non-hydrogen) atoms. The molecule has 8 nitrogen and oxygen atoms in total. The number of nitrogens with zero attached hydrogens (tertiary/aromatic N) is 1. The summed E-state index contributed by atoms with van der Waals surface area (Å²) < 4.78 is 10.1. The minimum absolute atomic E-state index is 0.0108. The molecule has 9 heteroatoms. The van der Waals surface area contributed by atoms with Gasteiger partial charge in [0.25, 0.3) is 11.6 Å². The summed E-state index contributed by atoms with van der Waals surface area (Å²) in [6.07, 6.45) is -1.14. The molecule has 0 saturated carbocycles. The fraction of sp³-hybridized carbons (Fsp3) is 0.176. The van der Waals surface area contributed by atoms with Crippen LogP contribution in [0, 0.1) is 10.1 Å². The summed E-state index contributed by atoms with van der Waals surface area (Å²) in [4.78, 5) is 34.4. The maximum absolute atomic E-state index is 12.2. The quantitative estimate of drug-likeness (QED) is 0.468. The van der Waals surface area contributed by atoms with Gasteiger partial charge in [0.05, 0.1) is 22.6 Å². The van der Waals surface area contributed by atoms with Gasteiger partial charge in [-0.2, -0.15) is 0 Å². The Hall–Kier alpha value is -3.13. The lowest BCUT2D eigenvalue weighted by atomic mass is 10.2. The van der Waals surface area contributed by atoms with Gasteiger partial charge in [-0.25, -0.2) is 4.79 Å². The van der Waals surface area contributed by atoms with Crippen LogP contribution in [0.5, 0.6) is 5.75 Å². The van der Waals surface area contributed by atoms with E-state index in [0.717, 1.165) is 6.07 Å². The second-order valence-electron chi connectivity index (χ2n) is 5.19. The van der Waals surface area contributed by atoms with Crippen molar-refractivity contribution in [1.29, 1.82) is 0 Å². The smallest absolute Gasteiger partial charge is 0.340 e. The van der Waals surface area contributed by atoms with E-state index in [1.54, 1.807) is 24.3 Å². The molecule has 1 atom stereocenters. The first kappa shape index (κ1) is 19.2. The van der Waals surface area contributed by atoms with Crippen LogP contribution in [0.1, 0.15) is 17.3 Å². The Kier molecular flexibility index (Phi) is 6.13. The number of halogens is 1. The zero-order valence-corrected chi connectivity index (χ0v) is 14.6. The second kappa shape index (κ2) is 8.30. The average Bonchev–Trinajstić information content (AvgIpc) is 2.62. The van der Waals surface area contributed by atoms with Gasteiger partial charge >= 0.3 is 5.97 Å². The number of esters is 1. The van der Waals surface area contributed by atoms with Crippen molar-refractivity contribution >= 4 is 34.9 Å². The van der Waals surface area contributed by atoms with Gasteiger partial charge in [-0.05, 0) is 37.3 Å². The number of benzene rings is 2. The number of non-ortho nitro benzene ring substituents is 1.